The fourth-order valence-corrected chi connectivity index (χ4v) is 1.24. The van der Waals surface area contributed by atoms with E-state index in [0.29, 0.717) is 12.0 Å². The minimum atomic E-state index is -0.0158. The van der Waals surface area contributed by atoms with Crippen LogP contribution < -0.4 is 0 Å². The van der Waals surface area contributed by atoms with E-state index >= 15 is 0 Å². The molecule has 0 aromatic carbocycles. The molecule has 0 aliphatic rings. The molecule has 0 bridgehead atoms. The molecule has 1 rings (SSSR count). The summed E-state index contributed by atoms with van der Waals surface area (Å²) in [5.41, 5.74) is 1.61. The molecule has 0 radical (unpaired) electrons. The first kappa shape index (κ1) is 9.71. The first-order valence-electron chi connectivity index (χ1n) is 4.28. The fraction of sp³-hybridized carbons (Fsp3) is 0.400. The number of rotatable bonds is 4. The zero-order chi connectivity index (χ0) is 9.84. The highest BCUT2D eigenvalue weighted by Crippen LogP contribution is 2.09. The Kier molecular flexibility index (Phi) is 3.01. The van der Waals surface area contributed by atoms with E-state index in [1.165, 1.54) is 0 Å². The molecule has 70 valence electrons. The van der Waals surface area contributed by atoms with Crippen LogP contribution in [0.5, 0.6) is 0 Å². The van der Waals surface area contributed by atoms with E-state index < -0.39 is 0 Å². The summed E-state index contributed by atoms with van der Waals surface area (Å²) < 4.78 is 0. The molecule has 0 saturated heterocycles. The topological polar surface area (TPSA) is 45.8 Å². The number of aromatic nitrogens is 2. The molecule has 0 amide bonds. The van der Waals surface area contributed by atoms with Gasteiger partial charge < -0.3 is 4.98 Å². The zero-order valence-corrected chi connectivity index (χ0v) is 8.00. The highest BCUT2D eigenvalue weighted by Gasteiger charge is 2.14. The predicted octanol–water partition coefficient (Wildman–Crippen LogP) is 1.73. The Morgan fingerprint density at radius 2 is 2.46 bits per heavy atom. The molecule has 0 aliphatic heterocycles. The lowest BCUT2D eigenvalue weighted by Crippen LogP contribution is -2.14. The van der Waals surface area contributed by atoms with Gasteiger partial charge >= 0.3 is 0 Å². The number of H-pyrrole nitrogens is 1. The minimum absolute atomic E-state index is 0.0158. The molecule has 0 fully saturated rings. The van der Waals surface area contributed by atoms with Crippen molar-refractivity contribution in [1.29, 1.82) is 0 Å². The second kappa shape index (κ2) is 4.03. The van der Waals surface area contributed by atoms with Crippen molar-refractivity contribution in [1.82, 2.24) is 9.97 Å². The molecule has 1 heterocycles. The van der Waals surface area contributed by atoms with Crippen LogP contribution in [0.15, 0.2) is 24.7 Å². The summed E-state index contributed by atoms with van der Waals surface area (Å²) in [7, 11) is 0. The third-order valence-corrected chi connectivity index (χ3v) is 1.95. The predicted molar refractivity (Wildman–Crippen MR) is 51.3 cm³/mol. The Labute approximate surface area is 77.9 Å². The largest absolute Gasteiger partial charge is 0.348 e. The van der Waals surface area contributed by atoms with Gasteiger partial charge in [-0.3, -0.25) is 4.79 Å². The van der Waals surface area contributed by atoms with Crippen LogP contribution in [0.4, 0.5) is 0 Å². The maximum Gasteiger partial charge on any atom is 0.161 e. The molecule has 0 saturated carbocycles. The van der Waals surface area contributed by atoms with E-state index in [9.17, 15) is 4.79 Å². The van der Waals surface area contributed by atoms with Crippen LogP contribution in [-0.2, 0) is 11.2 Å². The summed E-state index contributed by atoms with van der Waals surface area (Å²) in [4.78, 5) is 18.3. The van der Waals surface area contributed by atoms with E-state index in [0.717, 1.165) is 5.69 Å². The Morgan fingerprint density at radius 3 is 2.92 bits per heavy atom. The molecular formula is C10H14N2O. The van der Waals surface area contributed by atoms with Gasteiger partial charge in [0.2, 0.25) is 0 Å². The number of carbonyl (C=O) groups is 1. The van der Waals surface area contributed by atoms with Crippen LogP contribution in [-0.4, -0.2) is 15.8 Å². The number of nitrogens with zero attached hydrogens (tertiary/aromatic N) is 1. The minimum Gasteiger partial charge on any atom is -0.348 e. The maximum atomic E-state index is 11.4. The van der Waals surface area contributed by atoms with Crippen molar-refractivity contribution < 1.29 is 4.79 Å². The van der Waals surface area contributed by atoms with Crippen molar-refractivity contribution in [3.8, 4) is 0 Å². The summed E-state index contributed by atoms with van der Waals surface area (Å²) in [6.07, 6.45) is 4.06. The van der Waals surface area contributed by atoms with Crippen molar-refractivity contribution in [2.45, 2.75) is 20.3 Å². The van der Waals surface area contributed by atoms with Crippen LogP contribution >= 0.6 is 0 Å². The van der Waals surface area contributed by atoms with Crippen molar-refractivity contribution in [3.63, 3.8) is 0 Å². The van der Waals surface area contributed by atoms with E-state index in [2.05, 4.69) is 16.5 Å². The highest BCUT2D eigenvalue weighted by molar-refractivity contribution is 5.95. The van der Waals surface area contributed by atoms with Crippen molar-refractivity contribution >= 4 is 5.78 Å². The molecule has 1 N–H and O–H groups in total. The molecule has 0 spiro atoms. The number of aromatic amines is 1. The van der Waals surface area contributed by atoms with E-state index in [4.69, 9.17) is 0 Å². The number of hydrogen-bond donors (Lipinski definition) is 1. The molecule has 3 nitrogen and oxygen atoms in total. The molecule has 3 heteroatoms. The highest BCUT2D eigenvalue weighted by atomic mass is 16.1. The van der Waals surface area contributed by atoms with Gasteiger partial charge in [0, 0.05) is 17.8 Å². The van der Waals surface area contributed by atoms with Crippen LogP contribution in [0.2, 0.25) is 0 Å². The zero-order valence-electron chi connectivity index (χ0n) is 8.00. The van der Waals surface area contributed by atoms with Crippen molar-refractivity contribution in [3.05, 3.63) is 30.4 Å². The Bertz CT molecular complexity index is 301. The maximum absolute atomic E-state index is 11.4. The third kappa shape index (κ3) is 2.54. The van der Waals surface area contributed by atoms with Gasteiger partial charge in [0.25, 0.3) is 0 Å². The summed E-state index contributed by atoms with van der Waals surface area (Å²) in [6.45, 7) is 7.27. The third-order valence-electron chi connectivity index (χ3n) is 1.95. The van der Waals surface area contributed by atoms with Gasteiger partial charge in [-0.2, -0.15) is 0 Å². The summed E-state index contributed by atoms with van der Waals surface area (Å²) >= 11 is 0. The Morgan fingerprint density at radius 1 is 1.77 bits per heavy atom. The van der Waals surface area contributed by atoms with E-state index in [1.807, 2.05) is 6.92 Å². The van der Waals surface area contributed by atoms with Crippen LogP contribution in [0.1, 0.15) is 19.5 Å². The lowest BCUT2D eigenvalue weighted by atomic mass is 9.97. The van der Waals surface area contributed by atoms with Gasteiger partial charge in [-0.25, -0.2) is 4.98 Å². The first-order chi connectivity index (χ1) is 6.11. The van der Waals surface area contributed by atoms with Crippen molar-refractivity contribution in [2.24, 2.45) is 5.92 Å². The molecule has 0 aliphatic carbocycles. The second-order valence-electron chi connectivity index (χ2n) is 3.33. The number of ketones is 1. The first-order valence-corrected chi connectivity index (χ1v) is 4.28. The number of imidazole rings is 1. The molecule has 1 atom stereocenters. The average Bonchev–Trinajstić information content (AvgIpc) is 2.55. The molecule has 1 unspecified atom stereocenters. The molecule has 13 heavy (non-hydrogen) atoms. The number of carbonyl (C=O) groups excluding carboxylic acids is 1. The van der Waals surface area contributed by atoms with Gasteiger partial charge in [0.05, 0.1) is 6.33 Å². The van der Waals surface area contributed by atoms with Gasteiger partial charge in [0.15, 0.2) is 5.78 Å². The smallest absolute Gasteiger partial charge is 0.161 e. The standard InChI is InChI=1S/C10H14N2O/c1-7(2)10(13)8(3)4-9-5-11-6-12-9/h5-6,8H,1,4H2,2-3H3,(H,11,12). The lowest BCUT2D eigenvalue weighted by molar-refractivity contribution is -0.118. The quantitative estimate of drug-likeness (QED) is 0.714. The lowest BCUT2D eigenvalue weighted by Gasteiger charge is -2.07. The fourth-order valence-electron chi connectivity index (χ4n) is 1.24. The number of nitrogens with one attached hydrogen (secondary N) is 1. The number of Topliss-reactive ketones (excluding diaryl/α,β-unsaturated/α-hetero) is 1. The van der Waals surface area contributed by atoms with Gasteiger partial charge in [-0.1, -0.05) is 13.5 Å². The molecule has 1 aromatic heterocycles. The summed E-state index contributed by atoms with van der Waals surface area (Å²) in [5, 5.41) is 0. The van der Waals surface area contributed by atoms with Crippen LogP contribution in [0.3, 0.4) is 0 Å². The Balaban J connectivity index is 2.55. The normalized spacial score (nSPS) is 12.5. The second-order valence-corrected chi connectivity index (χ2v) is 3.33. The molecular weight excluding hydrogens is 164 g/mol. The summed E-state index contributed by atoms with van der Waals surface area (Å²) in [6, 6.07) is 0. The number of hydrogen-bond acceptors (Lipinski definition) is 2. The summed E-state index contributed by atoms with van der Waals surface area (Å²) in [5.74, 6) is 0.104. The monoisotopic (exact) mass is 178 g/mol. The van der Waals surface area contributed by atoms with Crippen LogP contribution in [0.25, 0.3) is 0 Å². The van der Waals surface area contributed by atoms with Gasteiger partial charge in [0.1, 0.15) is 0 Å². The van der Waals surface area contributed by atoms with Gasteiger partial charge in [-0.15, -0.1) is 0 Å². The van der Waals surface area contributed by atoms with Crippen LogP contribution in [0, 0.1) is 5.92 Å². The Hall–Kier alpha value is -1.38. The average molecular weight is 178 g/mol. The van der Waals surface area contributed by atoms with Gasteiger partial charge in [-0.05, 0) is 18.9 Å². The van der Waals surface area contributed by atoms with Crippen molar-refractivity contribution in [2.75, 3.05) is 0 Å². The number of allylic oxidation sites excluding steroid dienone is 1. The van der Waals surface area contributed by atoms with E-state index in [-0.39, 0.29) is 11.7 Å². The molecule has 1 aromatic rings. The SMILES string of the molecule is C=C(C)C(=O)C(C)Cc1cnc[nH]1. The van der Waals surface area contributed by atoms with E-state index in [1.54, 1.807) is 19.4 Å².